The van der Waals surface area contributed by atoms with E-state index in [2.05, 4.69) is 246 Å². The van der Waals surface area contributed by atoms with Gasteiger partial charge in [-0.05, 0) is 201 Å². The van der Waals surface area contributed by atoms with Crippen LogP contribution in [0.15, 0.2) is 218 Å². The van der Waals surface area contributed by atoms with Crippen molar-refractivity contribution in [2.75, 3.05) is 0 Å². The standard InChI is InChI=1S/C74H48/c1-73(2)63-29-13-11-21-48(63)50-33-31-41(37-65(50)73)67-54-23-9-10-24-55(54)68(42-32-34-51-49-22-12-14-30-64(49)74(3,4)66(51)38-42)72-62-40-60-46-20-8-7-19-45(46)59(39-61(60)56-27-16-28-58(70(56)62)71(67)72)47-35-36-57-44-18-6-5-17-43(44)52-25-15-26-53(47)69(52)57/h5-40H,1-4H3. The van der Waals surface area contributed by atoms with Crippen LogP contribution in [0.25, 0.3) is 154 Å². The van der Waals surface area contributed by atoms with Crippen molar-refractivity contribution in [1.82, 2.24) is 0 Å². The van der Waals surface area contributed by atoms with E-state index in [4.69, 9.17) is 0 Å². The van der Waals surface area contributed by atoms with E-state index in [0.29, 0.717) is 0 Å². The zero-order valence-corrected chi connectivity index (χ0v) is 41.8. The number of hydrogen-bond donors (Lipinski definition) is 0. The number of benzene rings is 13. The van der Waals surface area contributed by atoms with Crippen molar-refractivity contribution < 1.29 is 0 Å². The fourth-order valence-corrected chi connectivity index (χ4v) is 15.0. The predicted octanol–water partition coefficient (Wildman–Crippen LogP) is 20.4. The zero-order valence-electron chi connectivity index (χ0n) is 41.8. The molecule has 0 saturated carbocycles. The fourth-order valence-electron chi connectivity index (χ4n) is 15.0. The Hall–Kier alpha value is -8.84. The monoisotopic (exact) mass is 936 g/mol. The summed E-state index contributed by atoms with van der Waals surface area (Å²) in [6.07, 6.45) is 0. The molecule has 0 bridgehead atoms. The maximum absolute atomic E-state index is 2.58. The lowest BCUT2D eigenvalue weighted by atomic mass is 9.78. The molecule has 0 spiro atoms. The lowest BCUT2D eigenvalue weighted by Crippen LogP contribution is -2.15. The van der Waals surface area contributed by atoms with Gasteiger partial charge in [0.2, 0.25) is 0 Å². The summed E-state index contributed by atoms with van der Waals surface area (Å²) in [5, 5.41) is 13.0. The molecule has 0 saturated heterocycles. The first-order chi connectivity index (χ1) is 36.3. The van der Waals surface area contributed by atoms with E-state index >= 15 is 0 Å². The largest absolute Gasteiger partial charge is 0.0619 e. The van der Waals surface area contributed by atoms with Gasteiger partial charge in [-0.15, -0.1) is 0 Å². The molecule has 0 nitrogen and oxygen atoms in total. The average Bonchev–Trinajstić information content (AvgIpc) is 4.11. The highest BCUT2D eigenvalue weighted by molar-refractivity contribution is 6.34. The Morgan fingerprint density at radius 2 is 0.595 bits per heavy atom. The van der Waals surface area contributed by atoms with Gasteiger partial charge in [-0.25, -0.2) is 0 Å². The van der Waals surface area contributed by atoms with Gasteiger partial charge < -0.3 is 0 Å². The van der Waals surface area contributed by atoms with E-state index in [9.17, 15) is 0 Å². The molecule has 0 heteroatoms. The Labute approximate surface area is 430 Å². The molecule has 0 fully saturated rings. The van der Waals surface area contributed by atoms with Crippen molar-refractivity contribution in [3.05, 3.63) is 241 Å². The summed E-state index contributed by atoms with van der Waals surface area (Å²) in [5.74, 6) is 0. The Morgan fingerprint density at radius 1 is 0.203 bits per heavy atom. The van der Waals surface area contributed by atoms with Gasteiger partial charge in [-0.1, -0.05) is 222 Å². The highest BCUT2D eigenvalue weighted by Crippen LogP contribution is 2.61. The highest BCUT2D eigenvalue weighted by atomic mass is 14.4. The minimum atomic E-state index is -0.138. The second kappa shape index (κ2) is 14.0. The van der Waals surface area contributed by atoms with E-state index in [1.54, 1.807) is 0 Å². The average molecular weight is 937 g/mol. The molecule has 0 aliphatic heterocycles. The number of fused-ring (bicyclic) bond motifs is 17. The van der Waals surface area contributed by atoms with Crippen molar-refractivity contribution in [2.45, 2.75) is 38.5 Å². The summed E-state index contributed by atoms with van der Waals surface area (Å²) in [5.41, 5.74) is 29.0. The van der Waals surface area contributed by atoms with Crippen molar-refractivity contribution in [3.63, 3.8) is 0 Å². The molecule has 0 N–H and O–H groups in total. The molecule has 17 rings (SSSR count). The normalized spacial score (nSPS) is 14.4. The summed E-state index contributed by atoms with van der Waals surface area (Å²) in [6.45, 7) is 9.63. The Bertz CT molecular complexity index is 4730. The van der Waals surface area contributed by atoms with Crippen LogP contribution in [0.1, 0.15) is 49.9 Å². The molecule has 0 heterocycles. The van der Waals surface area contributed by atoms with Crippen molar-refractivity contribution >= 4 is 53.9 Å². The van der Waals surface area contributed by atoms with Gasteiger partial charge >= 0.3 is 0 Å². The van der Waals surface area contributed by atoms with Crippen molar-refractivity contribution in [1.29, 1.82) is 0 Å². The van der Waals surface area contributed by atoms with Crippen molar-refractivity contribution in [2.24, 2.45) is 0 Å². The zero-order chi connectivity index (χ0) is 48.9. The third-order valence-electron chi connectivity index (χ3n) is 18.3. The Balaban J connectivity index is 0.985. The van der Waals surface area contributed by atoms with Gasteiger partial charge in [0.05, 0.1) is 0 Å². The van der Waals surface area contributed by atoms with Gasteiger partial charge in [0.25, 0.3) is 0 Å². The quantitative estimate of drug-likeness (QED) is 0.155. The molecule has 13 aromatic rings. The topological polar surface area (TPSA) is 0 Å². The van der Waals surface area contributed by atoms with Gasteiger partial charge in [-0.2, -0.15) is 0 Å². The molecule has 74 heavy (non-hydrogen) atoms. The summed E-state index contributed by atoms with van der Waals surface area (Å²) >= 11 is 0. The first kappa shape index (κ1) is 40.7. The van der Waals surface area contributed by atoms with Crippen LogP contribution in [0.5, 0.6) is 0 Å². The molecule has 0 atom stereocenters. The molecule has 0 aromatic heterocycles. The molecule has 13 aromatic carbocycles. The van der Waals surface area contributed by atoms with Crippen LogP contribution in [-0.4, -0.2) is 0 Å². The molecule has 4 aliphatic rings. The summed E-state index contributed by atoms with van der Waals surface area (Å²) in [6, 6.07) is 84.2. The van der Waals surface area contributed by atoms with E-state index in [0.717, 1.165) is 0 Å². The van der Waals surface area contributed by atoms with Crippen molar-refractivity contribution in [3.8, 4) is 100 Å². The summed E-state index contributed by atoms with van der Waals surface area (Å²) in [7, 11) is 0. The number of hydrogen-bond acceptors (Lipinski definition) is 0. The minimum Gasteiger partial charge on any atom is -0.0619 e. The fraction of sp³-hybridized carbons (Fsp3) is 0.0811. The molecule has 344 valence electrons. The predicted molar refractivity (Wildman–Crippen MR) is 314 cm³/mol. The lowest BCUT2D eigenvalue weighted by molar-refractivity contribution is 0.660. The molecular weight excluding hydrogens is 889 g/mol. The van der Waals surface area contributed by atoms with Gasteiger partial charge in [-0.3, -0.25) is 0 Å². The van der Waals surface area contributed by atoms with Gasteiger partial charge in [0, 0.05) is 10.8 Å². The SMILES string of the molecule is CC1(C)c2ccccc2-c2ccc(-c3c4c(c(-c5ccc6c(c5)C(C)(C)c5ccccc5-6)c5ccccc35)-c3cc5c6ccccc6c(-c6ccc7c8c(cccc68)-c6ccccc6-7)cc5c5cccc-4c35)cc21. The Kier molecular flexibility index (Phi) is 7.71. The molecule has 0 radical (unpaired) electrons. The summed E-state index contributed by atoms with van der Waals surface area (Å²) in [4.78, 5) is 0. The molecule has 0 amide bonds. The second-order valence-electron chi connectivity index (χ2n) is 22.6. The van der Waals surface area contributed by atoms with E-state index < -0.39 is 0 Å². The van der Waals surface area contributed by atoms with E-state index in [-0.39, 0.29) is 10.8 Å². The maximum Gasteiger partial charge on any atom is 0.0159 e. The number of rotatable bonds is 3. The van der Waals surface area contributed by atoms with Crippen LogP contribution in [0.2, 0.25) is 0 Å². The second-order valence-corrected chi connectivity index (χ2v) is 22.6. The van der Waals surface area contributed by atoms with Gasteiger partial charge in [0.15, 0.2) is 0 Å². The van der Waals surface area contributed by atoms with Crippen LogP contribution in [0, 0.1) is 0 Å². The van der Waals surface area contributed by atoms with Crippen LogP contribution >= 0.6 is 0 Å². The smallest absolute Gasteiger partial charge is 0.0159 e. The lowest BCUT2D eigenvalue weighted by Gasteiger charge is -2.25. The van der Waals surface area contributed by atoms with Crippen LogP contribution in [0.4, 0.5) is 0 Å². The third-order valence-corrected chi connectivity index (χ3v) is 18.3. The van der Waals surface area contributed by atoms with E-state index in [1.165, 1.54) is 176 Å². The minimum absolute atomic E-state index is 0.135. The van der Waals surface area contributed by atoms with E-state index in [1.807, 2.05) is 0 Å². The molecule has 0 unspecified atom stereocenters. The molecular formula is C74H48. The first-order valence-corrected chi connectivity index (χ1v) is 26.4. The van der Waals surface area contributed by atoms with Crippen LogP contribution < -0.4 is 0 Å². The first-order valence-electron chi connectivity index (χ1n) is 26.4. The summed E-state index contributed by atoms with van der Waals surface area (Å²) < 4.78 is 0. The highest BCUT2D eigenvalue weighted by Gasteiger charge is 2.39. The third kappa shape index (κ3) is 4.99. The maximum atomic E-state index is 2.58. The Morgan fingerprint density at radius 3 is 1.22 bits per heavy atom. The molecule has 4 aliphatic carbocycles. The van der Waals surface area contributed by atoms with Crippen LogP contribution in [-0.2, 0) is 10.8 Å². The van der Waals surface area contributed by atoms with Crippen LogP contribution in [0.3, 0.4) is 0 Å². The van der Waals surface area contributed by atoms with Gasteiger partial charge in [0.1, 0.15) is 0 Å².